The van der Waals surface area contributed by atoms with Crippen molar-refractivity contribution in [2.45, 2.75) is 45.8 Å². The third-order valence-electron chi connectivity index (χ3n) is 3.79. The molecule has 3 nitrogen and oxygen atoms in total. The molecule has 0 saturated carbocycles. The van der Waals surface area contributed by atoms with Crippen LogP contribution >= 0.6 is 0 Å². The first-order valence-corrected chi connectivity index (χ1v) is 6.55. The number of ether oxygens (including phenoxy) is 1. The van der Waals surface area contributed by atoms with Crippen molar-refractivity contribution >= 4 is 12.6 Å². The fourth-order valence-electron chi connectivity index (χ4n) is 1.98. The van der Waals surface area contributed by atoms with E-state index in [1.165, 1.54) is 6.07 Å². The Bertz CT molecular complexity index is 458. The van der Waals surface area contributed by atoms with Crippen LogP contribution in [0.4, 0.5) is 4.39 Å². The summed E-state index contributed by atoms with van der Waals surface area (Å²) in [6, 6.07) is 4.79. The maximum Gasteiger partial charge on any atom is 0.498 e. The molecule has 1 aliphatic rings. The molecule has 5 heteroatoms. The summed E-state index contributed by atoms with van der Waals surface area (Å²) in [6.45, 7) is 10.1. The van der Waals surface area contributed by atoms with E-state index in [1.807, 2.05) is 34.6 Å². The third-order valence-corrected chi connectivity index (χ3v) is 3.79. The van der Waals surface area contributed by atoms with Gasteiger partial charge in [0.25, 0.3) is 0 Å². The van der Waals surface area contributed by atoms with Gasteiger partial charge in [-0.2, -0.15) is 0 Å². The van der Waals surface area contributed by atoms with E-state index in [0.717, 1.165) is 0 Å². The van der Waals surface area contributed by atoms with Crippen LogP contribution in [0, 0.1) is 5.82 Å². The number of benzene rings is 1. The van der Waals surface area contributed by atoms with Gasteiger partial charge in [0.05, 0.1) is 17.8 Å². The molecule has 1 saturated heterocycles. The Morgan fingerprint density at radius 1 is 1.16 bits per heavy atom. The lowest BCUT2D eigenvalue weighted by Crippen LogP contribution is -2.41. The highest BCUT2D eigenvalue weighted by Crippen LogP contribution is 2.37. The number of halogens is 1. The van der Waals surface area contributed by atoms with Crippen molar-refractivity contribution in [3.63, 3.8) is 0 Å². The Labute approximate surface area is 114 Å². The average Bonchev–Trinajstić information content (AvgIpc) is 2.51. The molecule has 0 radical (unpaired) electrons. The molecule has 104 valence electrons. The topological polar surface area (TPSA) is 27.7 Å². The van der Waals surface area contributed by atoms with E-state index < -0.39 is 24.1 Å². The molecule has 0 amide bonds. The molecule has 0 N–H and O–H groups in total. The minimum absolute atomic E-state index is 0.212. The fourth-order valence-corrected chi connectivity index (χ4v) is 1.98. The molecular weight excluding hydrogens is 246 g/mol. The van der Waals surface area contributed by atoms with E-state index in [4.69, 9.17) is 14.0 Å². The number of hydrogen-bond acceptors (Lipinski definition) is 3. The molecular formula is C14H20BFO3. The van der Waals surface area contributed by atoms with Crippen molar-refractivity contribution in [2.24, 2.45) is 0 Å². The molecule has 0 atom stereocenters. The summed E-state index contributed by atoms with van der Waals surface area (Å²) >= 11 is 0. The van der Waals surface area contributed by atoms with Crippen LogP contribution in [-0.4, -0.2) is 24.9 Å². The zero-order valence-corrected chi connectivity index (χ0v) is 12.1. The standard InChI is InChI=1S/C14H20BFO3/c1-6-17-12-10(8-7-9-11(12)16)15-18-13(2,3)14(4,5)19-15/h7-9H,6H2,1-5H3. The van der Waals surface area contributed by atoms with Gasteiger partial charge in [-0.15, -0.1) is 0 Å². The number of hydrogen-bond donors (Lipinski definition) is 0. The lowest BCUT2D eigenvalue weighted by atomic mass is 9.78. The Kier molecular flexibility index (Phi) is 3.62. The van der Waals surface area contributed by atoms with Crippen molar-refractivity contribution in [1.29, 1.82) is 0 Å². The van der Waals surface area contributed by atoms with Crippen LogP contribution in [-0.2, 0) is 9.31 Å². The predicted molar refractivity (Wildman–Crippen MR) is 73.3 cm³/mol. The first-order chi connectivity index (χ1) is 8.78. The highest BCUT2D eigenvalue weighted by atomic mass is 19.1. The summed E-state index contributed by atoms with van der Waals surface area (Å²) in [4.78, 5) is 0. The Morgan fingerprint density at radius 2 is 1.74 bits per heavy atom. The summed E-state index contributed by atoms with van der Waals surface area (Å²) in [5, 5.41) is 0. The molecule has 0 aliphatic carbocycles. The zero-order chi connectivity index (χ0) is 14.3. The maximum absolute atomic E-state index is 13.8. The van der Waals surface area contributed by atoms with Gasteiger partial charge in [-0.25, -0.2) is 4.39 Å². The molecule has 0 unspecified atom stereocenters. The highest BCUT2D eigenvalue weighted by molar-refractivity contribution is 6.63. The van der Waals surface area contributed by atoms with Crippen molar-refractivity contribution in [3.05, 3.63) is 24.0 Å². The molecule has 1 aliphatic heterocycles. The SMILES string of the molecule is CCOc1c(F)cccc1B1OC(C)(C)C(C)(C)O1. The van der Waals surface area contributed by atoms with Crippen LogP contribution in [0.5, 0.6) is 5.75 Å². The fraction of sp³-hybridized carbons (Fsp3) is 0.571. The van der Waals surface area contributed by atoms with Crippen LogP contribution in [0.25, 0.3) is 0 Å². The van der Waals surface area contributed by atoms with Gasteiger partial charge < -0.3 is 14.0 Å². The molecule has 0 bridgehead atoms. The van der Waals surface area contributed by atoms with Crippen LogP contribution < -0.4 is 10.2 Å². The van der Waals surface area contributed by atoms with Gasteiger partial charge in [0.2, 0.25) is 0 Å². The van der Waals surface area contributed by atoms with E-state index in [2.05, 4.69) is 0 Å². The first-order valence-electron chi connectivity index (χ1n) is 6.55. The second-order valence-electron chi connectivity index (χ2n) is 5.68. The molecule has 1 fully saturated rings. The molecule has 0 aromatic heterocycles. The van der Waals surface area contributed by atoms with Crippen molar-refractivity contribution in [2.75, 3.05) is 6.61 Å². The second-order valence-corrected chi connectivity index (χ2v) is 5.68. The molecule has 2 rings (SSSR count). The second kappa shape index (κ2) is 4.80. The number of rotatable bonds is 3. The van der Waals surface area contributed by atoms with Gasteiger partial charge in [-0.05, 0) is 40.7 Å². The molecule has 1 heterocycles. The van der Waals surface area contributed by atoms with E-state index in [-0.39, 0.29) is 5.75 Å². The lowest BCUT2D eigenvalue weighted by Gasteiger charge is -2.32. The Balaban J connectivity index is 2.37. The van der Waals surface area contributed by atoms with Crippen molar-refractivity contribution in [1.82, 2.24) is 0 Å². The van der Waals surface area contributed by atoms with Crippen LogP contribution in [0.2, 0.25) is 0 Å². The average molecular weight is 266 g/mol. The van der Waals surface area contributed by atoms with Crippen molar-refractivity contribution < 1.29 is 18.4 Å². The molecule has 0 spiro atoms. The number of para-hydroxylation sites is 1. The van der Waals surface area contributed by atoms with Gasteiger partial charge in [0.1, 0.15) is 0 Å². The Hall–Kier alpha value is -1.07. The van der Waals surface area contributed by atoms with Gasteiger partial charge in [0.15, 0.2) is 11.6 Å². The largest absolute Gasteiger partial charge is 0.498 e. The van der Waals surface area contributed by atoms with E-state index in [1.54, 1.807) is 12.1 Å². The quantitative estimate of drug-likeness (QED) is 0.787. The van der Waals surface area contributed by atoms with Crippen LogP contribution in [0.3, 0.4) is 0 Å². The third kappa shape index (κ3) is 2.49. The molecule has 1 aromatic rings. The minimum Gasteiger partial charge on any atom is -0.491 e. The predicted octanol–water partition coefficient (Wildman–Crippen LogP) is 2.52. The maximum atomic E-state index is 13.8. The highest BCUT2D eigenvalue weighted by Gasteiger charge is 2.52. The first kappa shape index (κ1) is 14.3. The summed E-state index contributed by atoms with van der Waals surface area (Å²) < 4.78 is 31.1. The summed E-state index contributed by atoms with van der Waals surface area (Å²) in [5.74, 6) is -0.183. The van der Waals surface area contributed by atoms with Gasteiger partial charge in [0, 0.05) is 5.46 Å². The van der Waals surface area contributed by atoms with Crippen LogP contribution in [0.15, 0.2) is 18.2 Å². The summed E-state index contributed by atoms with van der Waals surface area (Å²) in [7, 11) is -0.609. The summed E-state index contributed by atoms with van der Waals surface area (Å²) in [5.41, 5.74) is -0.304. The molecule has 1 aromatic carbocycles. The van der Waals surface area contributed by atoms with E-state index >= 15 is 0 Å². The molecule has 19 heavy (non-hydrogen) atoms. The van der Waals surface area contributed by atoms with E-state index in [9.17, 15) is 4.39 Å². The van der Waals surface area contributed by atoms with Crippen LogP contribution in [0.1, 0.15) is 34.6 Å². The van der Waals surface area contributed by atoms with Gasteiger partial charge >= 0.3 is 7.12 Å². The van der Waals surface area contributed by atoms with Crippen molar-refractivity contribution in [3.8, 4) is 5.75 Å². The van der Waals surface area contributed by atoms with Gasteiger partial charge in [-0.3, -0.25) is 0 Å². The minimum atomic E-state index is -0.609. The van der Waals surface area contributed by atoms with Gasteiger partial charge in [-0.1, -0.05) is 12.1 Å². The lowest BCUT2D eigenvalue weighted by molar-refractivity contribution is 0.00578. The zero-order valence-electron chi connectivity index (χ0n) is 12.1. The Morgan fingerprint density at radius 3 is 2.26 bits per heavy atom. The summed E-state index contributed by atoms with van der Waals surface area (Å²) in [6.07, 6.45) is 0. The smallest absolute Gasteiger partial charge is 0.491 e. The van der Waals surface area contributed by atoms with E-state index in [0.29, 0.717) is 12.1 Å². The normalized spacial score (nSPS) is 20.6. The monoisotopic (exact) mass is 266 g/mol.